The highest BCUT2D eigenvalue weighted by Gasteiger charge is 2.15. The van der Waals surface area contributed by atoms with Crippen molar-refractivity contribution < 1.29 is 0 Å². The summed E-state index contributed by atoms with van der Waals surface area (Å²) in [5.74, 6) is 0.719. The van der Waals surface area contributed by atoms with E-state index in [1.165, 1.54) is 49.3 Å². The summed E-state index contributed by atoms with van der Waals surface area (Å²) in [7, 11) is 0. The molecule has 0 amide bonds. The lowest BCUT2D eigenvalue weighted by molar-refractivity contribution is 1.18. The van der Waals surface area contributed by atoms with Gasteiger partial charge in [-0.15, -0.1) is 0 Å². The van der Waals surface area contributed by atoms with Crippen molar-refractivity contribution in [2.24, 2.45) is 0 Å². The van der Waals surface area contributed by atoms with Crippen molar-refractivity contribution in [1.82, 2.24) is 14.5 Å². The summed E-state index contributed by atoms with van der Waals surface area (Å²) < 4.78 is 2.37. The number of rotatable bonds is 5. The lowest BCUT2D eigenvalue weighted by Gasteiger charge is -2.15. The van der Waals surface area contributed by atoms with Crippen LogP contribution in [0.25, 0.3) is 93.9 Å². The van der Waals surface area contributed by atoms with Crippen LogP contribution in [-0.4, -0.2) is 14.5 Å². The summed E-state index contributed by atoms with van der Waals surface area (Å²) >= 11 is 0. The molecule has 51 heavy (non-hydrogen) atoms. The zero-order valence-corrected chi connectivity index (χ0v) is 27.7. The van der Waals surface area contributed by atoms with Crippen molar-refractivity contribution >= 4 is 43.5 Å². The molecule has 0 saturated carbocycles. The predicted molar refractivity (Wildman–Crippen MR) is 213 cm³/mol. The SMILES string of the molecule is c1ccc(-c2cc(-c3ncc4ccccc4n3)cc(-c3ccc(-c4ccc(-n5c6ccccc6c6ccccc65)cc4)c4ccccc34)c2)cc1. The maximum atomic E-state index is 4.98. The van der Waals surface area contributed by atoms with E-state index in [9.17, 15) is 0 Å². The van der Waals surface area contributed by atoms with E-state index in [-0.39, 0.29) is 0 Å². The molecule has 10 aromatic rings. The van der Waals surface area contributed by atoms with Gasteiger partial charge in [0, 0.05) is 33.6 Å². The van der Waals surface area contributed by atoms with Gasteiger partial charge in [0.2, 0.25) is 0 Å². The Bertz CT molecular complexity index is 2850. The van der Waals surface area contributed by atoms with Gasteiger partial charge in [-0.3, -0.25) is 0 Å². The topological polar surface area (TPSA) is 30.7 Å². The molecular formula is C48H31N3. The number of benzene rings is 8. The van der Waals surface area contributed by atoms with Crippen LogP contribution >= 0.6 is 0 Å². The van der Waals surface area contributed by atoms with Gasteiger partial charge >= 0.3 is 0 Å². The lowest BCUT2D eigenvalue weighted by Crippen LogP contribution is -1.94. The van der Waals surface area contributed by atoms with Crippen LogP contribution in [0.2, 0.25) is 0 Å². The van der Waals surface area contributed by atoms with Gasteiger partial charge in [-0.1, -0.05) is 133 Å². The first-order valence-electron chi connectivity index (χ1n) is 17.3. The lowest BCUT2D eigenvalue weighted by atomic mass is 9.90. The van der Waals surface area contributed by atoms with E-state index in [0.29, 0.717) is 0 Å². The minimum atomic E-state index is 0.719. The van der Waals surface area contributed by atoms with Gasteiger partial charge in [-0.05, 0) is 92.7 Å². The number of hydrogen-bond acceptors (Lipinski definition) is 2. The maximum Gasteiger partial charge on any atom is 0.159 e. The van der Waals surface area contributed by atoms with Crippen LogP contribution in [0.5, 0.6) is 0 Å². The molecule has 10 rings (SSSR count). The third-order valence-electron chi connectivity index (χ3n) is 10.0. The van der Waals surface area contributed by atoms with E-state index in [0.717, 1.165) is 44.7 Å². The Morgan fingerprint density at radius 2 is 0.922 bits per heavy atom. The fourth-order valence-electron chi connectivity index (χ4n) is 7.61. The maximum absolute atomic E-state index is 4.98. The van der Waals surface area contributed by atoms with Gasteiger partial charge < -0.3 is 4.57 Å². The van der Waals surface area contributed by atoms with Gasteiger partial charge in [0.05, 0.1) is 16.6 Å². The highest BCUT2D eigenvalue weighted by atomic mass is 15.0. The van der Waals surface area contributed by atoms with Crippen LogP contribution in [0.3, 0.4) is 0 Å². The second kappa shape index (κ2) is 11.9. The molecule has 0 unspecified atom stereocenters. The van der Waals surface area contributed by atoms with Crippen molar-refractivity contribution in [1.29, 1.82) is 0 Å². The van der Waals surface area contributed by atoms with Gasteiger partial charge in [-0.2, -0.15) is 0 Å². The third kappa shape index (κ3) is 4.98. The average molecular weight is 650 g/mol. The summed E-state index contributed by atoms with van der Waals surface area (Å²) in [6.45, 7) is 0. The Balaban J connectivity index is 1.10. The Kier molecular flexibility index (Phi) is 6.81. The molecule has 0 aliphatic heterocycles. The van der Waals surface area contributed by atoms with Crippen molar-refractivity contribution in [3.05, 3.63) is 188 Å². The summed E-state index contributed by atoms with van der Waals surface area (Å²) in [4.78, 5) is 9.79. The Morgan fingerprint density at radius 3 is 1.63 bits per heavy atom. The van der Waals surface area contributed by atoms with Crippen LogP contribution in [0, 0.1) is 0 Å². The van der Waals surface area contributed by atoms with Gasteiger partial charge in [-0.25, -0.2) is 9.97 Å². The number of fused-ring (bicyclic) bond motifs is 5. The van der Waals surface area contributed by atoms with E-state index in [4.69, 9.17) is 9.97 Å². The van der Waals surface area contributed by atoms with Crippen molar-refractivity contribution in [3.8, 4) is 50.5 Å². The Hall–Kier alpha value is -6.84. The minimum absolute atomic E-state index is 0.719. The summed E-state index contributed by atoms with van der Waals surface area (Å²) in [6.07, 6.45) is 1.92. The van der Waals surface area contributed by atoms with Crippen LogP contribution in [-0.2, 0) is 0 Å². The second-order valence-electron chi connectivity index (χ2n) is 13.0. The summed E-state index contributed by atoms with van der Waals surface area (Å²) in [5.41, 5.74) is 12.5. The molecule has 0 aliphatic carbocycles. The monoisotopic (exact) mass is 649 g/mol. The van der Waals surface area contributed by atoms with Crippen molar-refractivity contribution in [2.75, 3.05) is 0 Å². The van der Waals surface area contributed by atoms with Gasteiger partial charge in [0.25, 0.3) is 0 Å². The van der Waals surface area contributed by atoms with E-state index in [1.54, 1.807) is 0 Å². The van der Waals surface area contributed by atoms with Crippen LogP contribution in [0.15, 0.2) is 188 Å². The fraction of sp³-hybridized carbons (Fsp3) is 0. The molecule has 3 heteroatoms. The van der Waals surface area contributed by atoms with E-state index in [1.807, 2.05) is 24.4 Å². The molecule has 0 spiro atoms. The van der Waals surface area contributed by atoms with Crippen LogP contribution < -0.4 is 0 Å². The molecule has 2 aromatic heterocycles. The van der Waals surface area contributed by atoms with E-state index in [2.05, 4.69) is 168 Å². The highest BCUT2D eigenvalue weighted by molar-refractivity contribution is 6.09. The molecule has 0 radical (unpaired) electrons. The second-order valence-corrected chi connectivity index (χ2v) is 13.0. The first-order valence-corrected chi connectivity index (χ1v) is 17.3. The quantitative estimate of drug-likeness (QED) is 0.186. The smallest absolute Gasteiger partial charge is 0.159 e. The molecule has 238 valence electrons. The molecular weight excluding hydrogens is 619 g/mol. The van der Waals surface area contributed by atoms with Crippen molar-refractivity contribution in [3.63, 3.8) is 0 Å². The average Bonchev–Trinajstić information content (AvgIpc) is 3.55. The molecule has 0 aliphatic rings. The number of nitrogens with zero attached hydrogens (tertiary/aromatic N) is 3. The fourth-order valence-corrected chi connectivity index (χ4v) is 7.61. The number of hydrogen-bond donors (Lipinski definition) is 0. The molecule has 3 nitrogen and oxygen atoms in total. The number of para-hydroxylation sites is 3. The molecule has 0 N–H and O–H groups in total. The molecule has 0 fully saturated rings. The highest BCUT2D eigenvalue weighted by Crippen LogP contribution is 2.39. The molecule has 0 saturated heterocycles. The van der Waals surface area contributed by atoms with Gasteiger partial charge in [0.15, 0.2) is 5.82 Å². The molecule has 0 atom stereocenters. The molecule has 2 heterocycles. The van der Waals surface area contributed by atoms with Crippen molar-refractivity contribution in [2.45, 2.75) is 0 Å². The predicted octanol–water partition coefficient (Wildman–Crippen LogP) is 12.5. The minimum Gasteiger partial charge on any atom is -0.309 e. The first-order chi connectivity index (χ1) is 25.3. The zero-order valence-electron chi connectivity index (χ0n) is 27.7. The summed E-state index contributed by atoms with van der Waals surface area (Å²) in [6, 6.07) is 65.0. The van der Waals surface area contributed by atoms with Crippen LogP contribution in [0.1, 0.15) is 0 Å². The van der Waals surface area contributed by atoms with Gasteiger partial charge in [0.1, 0.15) is 0 Å². The zero-order chi connectivity index (χ0) is 33.7. The van der Waals surface area contributed by atoms with E-state index >= 15 is 0 Å². The van der Waals surface area contributed by atoms with E-state index < -0.39 is 0 Å². The largest absolute Gasteiger partial charge is 0.309 e. The summed E-state index contributed by atoms with van der Waals surface area (Å²) in [5, 5.41) is 5.99. The normalized spacial score (nSPS) is 11.5. The molecule has 8 aromatic carbocycles. The molecule has 0 bridgehead atoms. The third-order valence-corrected chi connectivity index (χ3v) is 10.0. The Morgan fingerprint density at radius 1 is 0.373 bits per heavy atom. The number of aromatic nitrogens is 3. The Labute approximate surface area is 295 Å². The standard InChI is InChI=1S/C48H31N3/c1-2-12-32(13-3-1)35-28-36(30-37(29-35)48-49-31-34-14-4-9-19-45(34)50-48)40-27-26-39(41-15-5-6-16-42(40)41)33-22-24-38(25-23-33)51-46-20-10-7-17-43(46)44-18-8-11-21-47(44)51/h1-31H. The van der Waals surface area contributed by atoms with Crippen LogP contribution in [0.4, 0.5) is 0 Å². The first kappa shape index (κ1) is 29.1.